The van der Waals surface area contributed by atoms with Crippen LogP contribution in [-0.4, -0.2) is 55.6 Å². The summed E-state index contributed by atoms with van der Waals surface area (Å²) < 4.78 is 0. The Morgan fingerprint density at radius 1 is 1.26 bits per heavy atom. The number of benzene rings is 1. The fourth-order valence-electron chi connectivity index (χ4n) is 2.88. The van der Waals surface area contributed by atoms with Gasteiger partial charge in [0.25, 0.3) is 0 Å². The van der Waals surface area contributed by atoms with Gasteiger partial charge >= 0.3 is 0 Å². The van der Waals surface area contributed by atoms with Crippen molar-refractivity contribution in [1.82, 2.24) is 9.80 Å². The maximum absolute atomic E-state index is 6.08. The molecule has 19 heavy (non-hydrogen) atoms. The quantitative estimate of drug-likeness (QED) is 0.892. The van der Waals surface area contributed by atoms with E-state index in [-0.39, 0.29) is 5.41 Å². The molecule has 3 nitrogen and oxygen atoms in total. The lowest BCUT2D eigenvalue weighted by Gasteiger charge is -2.42. The van der Waals surface area contributed by atoms with Crippen LogP contribution >= 0.6 is 0 Å². The topological polar surface area (TPSA) is 32.5 Å². The summed E-state index contributed by atoms with van der Waals surface area (Å²) >= 11 is 0. The van der Waals surface area contributed by atoms with Gasteiger partial charge in [0.15, 0.2) is 0 Å². The van der Waals surface area contributed by atoms with Crippen LogP contribution < -0.4 is 5.73 Å². The monoisotopic (exact) mass is 261 g/mol. The highest BCUT2D eigenvalue weighted by Crippen LogP contribution is 2.24. The van der Waals surface area contributed by atoms with Crippen molar-refractivity contribution in [2.45, 2.75) is 25.3 Å². The van der Waals surface area contributed by atoms with Gasteiger partial charge in [0.05, 0.1) is 0 Å². The van der Waals surface area contributed by atoms with E-state index >= 15 is 0 Å². The Hall–Kier alpha value is -0.900. The van der Waals surface area contributed by atoms with Crippen molar-refractivity contribution in [2.75, 3.05) is 39.8 Å². The molecule has 2 rings (SSSR count). The van der Waals surface area contributed by atoms with Crippen LogP contribution in [0.25, 0.3) is 0 Å². The maximum atomic E-state index is 6.08. The molecule has 0 amide bonds. The molecule has 0 aromatic heterocycles. The second-order valence-electron chi connectivity index (χ2n) is 6.20. The van der Waals surface area contributed by atoms with Gasteiger partial charge in [0, 0.05) is 44.2 Å². The molecule has 106 valence electrons. The van der Waals surface area contributed by atoms with Gasteiger partial charge in [-0.3, -0.25) is 4.90 Å². The number of nitrogens with two attached hydrogens (primary N) is 1. The molecule has 2 unspecified atom stereocenters. The maximum Gasteiger partial charge on any atom is 0.0192 e. The predicted molar refractivity (Wildman–Crippen MR) is 81.4 cm³/mol. The smallest absolute Gasteiger partial charge is 0.0192 e. The van der Waals surface area contributed by atoms with Crippen molar-refractivity contribution in [3.8, 4) is 0 Å². The summed E-state index contributed by atoms with van der Waals surface area (Å²) in [5.74, 6) is 0. The van der Waals surface area contributed by atoms with Crippen molar-refractivity contribution in [1.29, 1.82) is 0 Å². The minimum absolute atomic E-state index is 0.0525. The normalized spacial score (nSPS) is 25.2. The van der Waals surface area contributed by atoms with Crippen LogP contribution in [0.2, 0.25) is 0 Å². The van der Waals surface area contributed by atoms with E-state index in [9.17, 15) is 0 Å². The lowest BCUT2D eigenvalue weighted by Crippen LogP contribution is -2.54. The van der Waals surface area contributed by atoms with Crippen LogP contribution in [0.1, 0.15) is 19.4 Å². The van der Waals surface area contributed by atoms with E-state index in [0.717, 1.165) is 26.2 Å². The summed E-state index contributed by atoms with van der Waals surface area (Å²) in [6, 6.07) is 11.3. The van der Waals surface area contributed by atoms with Gasteiger partial charge in [-0.2, -0.15) is 0 Å². The number of piperazine rings is 1. The molecule has 0 bridgehead atoms. The highest BCUT2D eigenvalue weighted by atomic mass is 15.3. The lowest BCUT2D eigenvalue weighted by molar-refractivity contribution is 0.0886. The van der Waals surface area contributed by atoms with E-state index in [1.54, 1.807) is 0 Å². The summed E-state index contributed by atoms with van der Waals surface area (Å²) in [5.41, 5.74) is 7.48. The van der Waals surface area contributed by atoms with Crippen molar-refractivity contribution < 1.29 is 0 Å². The number of likely N-dealkylation sites (N-methyl/N-ethyl adjacent to an activating group) is 1. The molecule has 1 saturated heterocycles. The molecule has 1 aliphatic rings. The van der Waals surface area contributed by atoms with Gasteiger partial charge in [0.2, 0.25) is 0 Å². The van der Waals surface area contributed by atoms with Crippen LogP contribution in [0.4, 0.5) is 0 Å². The zero-order chi connectivity index (χ0) is 13.9. The Bertz CT molecular complexity index is 392. The zero-order valence-corrected chi connectivity index (χ0v) is 12.5. The van der Waals surface area contributed by atoms with Crippen LogP contribution in [-0.2, 0) is 5.41 Å². The van der Waals surface area contributed by atoms with Crippen molar-refractivity contribution in [3.05, 3.63) is 35.9 Å². The molecule has 1 aromatic rings. The van der Waals surface area contributed by atoms with Gasteiger partial charge in [-0.25, -0.2) is 0 Å². The molecule has 0 radical (unpaired) electrons. The molecule has 0 saturated carbocycles. The molecule has 1 aromatic carbocycles. The van der Waals surface area contributed by atoms with Crippen molar-refractivity contribution in [3.63, 3.8) is 0 Å². The van der Waals surface area contributed by atoms with E-state index in [0.29, 0.717) is 12.6 Å². The Morgan fingerprint density at radius 3 is 2.53 bits per heavy atom. The number of nitrogens with zero attached hydrogens (tertiary/aromatic N) is 2. The van der Waals surface area contributed by atoms with Crippen LogP contribution in [0, 0.1) is 0 Å². The van der Waals surface area contributed by atoms with Gasteiger partial charge < -0.3 is 10.6 Å². The van der Waals surface area contributed by atoms with Crippen LogP contribution in [0.3, 0.4) is 0 Å². The van der Waals surface area contributed by atoms with E-state index in [2.05, 4.69) is 61.0 Å². The van der Waals surface area contributed by atoms with Crippen molar-refractivity contribution in [2.24, 2.45) is 5.73 Å². The second kappa shape index (κ2) is 6.04. The first-order chi connectivity index (χ1) is 9.05. The van der Waals surface area contributed by atoms with Gasteiger partial charge in [-0.1, -0.05) is 37.3 Å². The molecular formula is C16H27N3. The van der Waals surface area contributed by atoms with Gasteiger partial charge in [-0.05, 0) is 19.5 Å². The van der Waals surface area contributed by atoms with Crippen molar-refractivity contribution >= 4 is 0 Å². The molecule has 1 aliphatic heterocycles. The number of rotatable bonds is 4. The summed E-state index contributed by atoms with van der Waals surface area (Å²) in [4.78, 5) is 4.99. The third-order valence-electron chi connectivity index (χ3n) is 4.54. The highest BCUT2D eigenvalue weighted by Gasteiger charge is 2.30. The predicted octanol–water partition coefficient (Wildman–Crippen LogP) is 1.54. The fourth-order valence-corrected chi connectivity index (χ4v) is 2.88. The largest absolute Gasteiger partial charge is 0.330 e. The van der Waals surface area contributed by atoms with E-state index in [4.69, 9.17) is 5.73 Å². The van der Waals surface area contributed by atoms with E-state index in [1.807, 2.05) is 0 Å². The van der Waals surface area contributed by atoms with E-state index < -0.39 is 0 Å². The first kappa shape index (κ1) is 14.5. The summed E-state index contributed by atoms with van der Waals surface area (Å²) in [6.45, 7) is 9.75. The molecule has 1 fully saturated rings. The standard InChI is InChI=1S/C16H27N3/c1-14-11-19(10-9-18(14)3)13-16(2,12-17)15-7-5-4-6-8-15/h4-8,14H,9-13,17H2,1-3H3. The highest BCUT2D eigenvalue weighted by molar-refractivity contribution is 5.25. The summed E-state index contributed by atoms with van der Waals surface area (Å²) in [5, 5.41) is 0. The third-order valence-corrected chi connectivity index (χ3v) is 4.54. The Morgan fingerprint density at radius 2 is 1.95 bits per heavy atom. The second-order valence-corrected chi connectivity index (χ2v) is 6.20. The zero-order valence-electron chi connectivity index (χ0n) is 12.5. The molecule has 0 aliphatic carbocycles. The summed E-state index contributed by atoms with van der Waals surface area (Å²) in [6.07, 6.45) is 0. The molecule has 0 spiro atoms. The first-order valence-corrected chi connectivity index (χ1v) is 7.23. The Labute approximate surface area is 117 Å². The molecule has 2 atom stereocenters. The fraction of sp³-hybridized carbons (Fsp3) is 0.625. The minimum Gasteiger partial charge on any atom is -0.330 e. The lowest BCUT2D eigenvalue weighted by atomic mass is 9.81. The SMILES string of the molecule is CC1CN(CC(C)(CN)c2ccccc2)CCN1C. The third kappa shape index (κ3) is 3.35. The minimum atomic E-state index is 0.0525. The average Bonchev–Trinajstić information content (AvgIpc) is 2.44. The van der Waals surface area contributed by atoms with Crippen LogP contribution in [0.5, 0.6) is 0 Å². The number of hydrogen-bond donors (Lipinski definition) is 1. The molecule has 2 N–H and O–H groups in total. The first-order valence-electron chi connectivity index (χ1n) is 7.23. The van der Waals surface area contributed by atoms with Gasteiger partial charge in [-0.15, -0.1) is 0 Å². The summed E-state index contributed by atoms with van der Waals surface area (Å²) in [7, 11) is 2.21. The molecular weight excluding hydrogens is 234 g/mol. The Balaban J connectivity index is 2.07. The molecule has 1 heterocycles. The Kier molecular flexibility index (Phi) is 4.61. The van der Waals surface area contributed by atoms with E-state index in [1.165, 1.54) is 5.56 Å². The average molecular weight is 261 g/mol. The number of hydrogen-bond acceptors (Lipinski definition) is 3. The molecule has 3 heteroatoms. The van der Waals surface area contributed by atoms with Crippen LogP contribution in [0.15, 0.2) is 30.3 Å². The van der Waals surface area contributed by atoms with Gasteiger partial charge in [0.1, 0.15) is 0 Å².